The van der Waals surface area contributed by atoms with Gasteiger partial charge in [0.15, 0.2) is 12.4 Å². The van der Waals surface area contributed by atoms with Crippen molar-refractivity contribution in [1.82, 2.24) is 0 Å². The summed E-state index contributed by atoms with van der Waals surface area (Å²) in [5.41, 5.74) is 1.84. The first-order valence-electron chi connectivity index (χ1n) is 7.55. The van der Waals surface area contributed by atoms with Gasteiger partial charge in [0.2, 0.25) is 0 Å². The van der Waals surface area contributed by atoms with Crippen LogP contribution in [0.5, 0.6) is 5.75 Å². The van der Waals surface area contributed by atoms with Crippen molar-refractivity contribution in [3.05, 3.63) is 64.3 Å². The molecule has 25 heavy (non-hydrogen) atoms. The molecule has 3 rings (SSSR count). The second-order valence-electron chi connectivity index (χ2n) is 5.39. The second-order valence-corrected chi connectivity index (χ2v) is 6.31. The van der Waals surface area contributed by atoms with Crippen molar-refractivity contribution in [1.29, 1.82) is 0 Å². The Bertz CT molecular complexity index is 911. The van der Waals surface area contributed by atoms with E-state index in [0.717, 1.165) is 9.86 Å². The maximum absolute atomic E-state index is 12.0. The van der Waals surface area contributed by atoms with E-state index >= 15 is 0 Å². The number of benzene rings is 2. The maximum Gasteiger partial charge on any atom is 0.310 e. The number of Topliss-reactive ketones (excluding diaryl/α,β-unsaturated/α-hetero) is 1. The highest BCUT2D eigenvalue weighted by molar-refractivity contribution is 9.10. The van der Waals surface area contributed by atoms with Crippen LogP contribution < -0.4 is 4.74 Å². The lowest BCUT2D eigenvalue weighted by molar-refractivity contribution is -0.141. The van der Waals surface area contributed by atoms with Gasteiger partial charge < -0.3 is 13.9 Å². The number of fused-ring (bicyclic) bond motifs is 1. The number of hydrogen-bond donors (Lipinski definition) is 0. The summed E-state index contributed by atoms with van der Waals surface area (Å²) >= 11 is 3.31. The molecule has 0 saturated heterocycles. The zero-order valence-corrected chi connectivity index (χ0v) is 15.0. The van der Waals surface area contributed by atoms with E-state index < -0.39 is 5.97 Å². The number of methoxy groups -OCH3 is 1. The standard InChI is InChI=1S/C19H15BrO5/c1-23-15-6-7-16-13(10-24-18(16)9-15)8-19(22)25-11-17(21)12-2-4-14(20)5-3-12/h2-7,9-10H,8,11H2,1H3. The minimum absolute atomic E-state index is 0.0347. The predicted molar refractivity (Wildman–Crippen MR) is 95.9 cm³/mol. The maximum atomic E-state index is 12.0. The van der Waals surface area contributed by atoms with Crippen molar-refractivity contribution in [3.8, 4) is 5.75 Å². The number of esters is 1. The van der Waals surface area contributed by atoms with Crippen LogP contribution in [0.3, 0.4) is 0 Å². The molecule has 0 spiro atoms. The van der Waals surface area contributed by atoms with Crippen molar-refractivity contribution in [2.24, 2.45) is 0 Å². The van der Waals surface area contributed by atoms with Gasteiger partial charge in [-0.2, -0.15) is 0 Å². The van der Waals surface area contributed by atoms with Gasteiger partial charge in [-0.3, -0.25) is 9.59 Å². The summed E-state index contributed by atoms with van der Waals surface area (Å²) < 4.78 is 16.5. The largest absolute Gasteiger partial charge is 0.497 e. The van der Waals surface area contributed by atoms with Gasteiger partial charge >= 0.3 is 5.97 Å². The molecule has 0 unspecified atom stereocenters. The summed E-state index contributed by atoms with van der Waals surface area (Å²) in [5, 5.41) is 0.817. The third-order valence-electron chi connectivity index (χ3n) is 3.73. The van der Waals surface area contributed by atoms with Gasteiger partial charge in [-0.05, 0) is 24.3 Å². The number of ketones is 1. The van der Waals surface area contributed by atoms with Crippen molar-refractivity contribution >= 4 is 38.7 Å². The van der Waals surface area contributed by atoms with Crippen LogP contribution in [-0.2, 0) is 16.0 Å². The van der Waals surface area contributed by atoms with E-state index in [-0.39, 0.29) is 18.8 Å². The SMILES string of the molecule is COc1ccc2c(CC(=O)OCC(=O)c3ccc(Br)cc3)coc2c1. The molecule has 0 fully saturated rings. The van der Waals surface area contributed by atoms with Gasteiger partial charge in [-0.25, -0.2) is 0 Å². The van der Waals surface area contributed by atoms with Crippen LogP contribution in [0.2, 0.25) is 0 Å². The van der Waals surface area contributed by atoms with Crippen molar-refractivity contribution < 1.29 is 23.5 Å². The summed E-state index contributed by atoms with van der Waals surface area (Å²) in [6, 6.07) is 12.3. The molecular weight excluding hydrogens is 388 g/mol. The molecule has 2 aromatic carbocycles. The first kappa shape index (κ1) is 17.2. The average Bonchev–Trinajstić information content (AvgIpc) is 3.02. The Balaban J connectivity index is 1.61. The lowest BCUT2D eigenvalue weighted by Gasteiger charge is -2.04. The van der Waals surface area contributed by atoms with Crippen molar-refractivity contribution in [2.45, 2.75) is 6.42 Å². The van der Waals surface area contributed by atoms with Crippen LogP contribution in [0.1, 0.15) is 15.9 Å². The Kier molecular flexibility index (Phi) is 5.19. The summed E-state index contributed by atoms with van der Waals surface area (Å²) in [5.74, 6) is -0.0531. The molecule has 0 amide bonds. The van der Waals surface area contributed by atoms with Crippen LogP contribution in [0.25, 0.3) is 11.0 Å². The normalized spacial score (nSPS) is 10.6. The Hall–Kier alpha value is -2.60. The topological polar surface area (TPSA) is 65.7 Å². The molecule has 0 aliphatic carbocycles. The first-order chi connectivity index (χ1) is 12.1. The minimum Gasteiger partial charge on any atom is -0.497 e. The molecule has 0 saturated carbocycles. The summed E-state index contributed by atoms with van der Waals surface area (Å²) in [6.07, 6.45) is 1.55. The highest BCUT2D eigenvalue weighted by atomic mass is 79.9. The van der Waals surface area contributed by atoms with Crippen LogP contribution in [0, 0.1) is 0 Å². The quantitative estimate of drug-likeness (QED) is 0.457. The van der Waals surface area contributed by atoms with Gasteiger partial charge in [0.05, 0.1) is 19.8 Å². The Labute approximate surface area is 152 Å². The fourth-order valence-electron chi connectivity index (χ4n) is 2.40. The van der Waals surface area contributed by atoms with Crippen LogP contribution >= 0.6 is 15.9 Å². The van der Waals surface area contributed by atoms with Gasteiger partial charge in [0, 0.05) is 27.1 Å². The number of furan rings is 1. The van der Waals surface area contributed by atoms with Gasteiger partial charge in [0.25, 0.3) is 0 Å². The number of ether oxygens (including phenoxy) is 2. The number of carbonyl (C=O) groups is 2. The van der Waals surface area contributed by atoms with E-state index in [2.05, 4.69) is 15.9 Å². The second kappa shape index (κ2) is 7.53. The zero-order valence-electron chi connectivity index (χ0n) is 13.5. The van der Waals surface area contributed by atoms with Crippen molar-refractivity contribution in [3.63, 3.8) is 0 Å². The van der Waals surface area contributed by atoms with E-state index in [9.17, 15) is 9.59 Å². The fraction of sp³-hybridized carbons (Fsp3) is 0.158. The lowest BCUT2D eigenvalue weighted by Crippen LogP contribution is -2.15. The lowest BCUT2D eigenvalue weighted by atomic mass is 10.1. The van der Waals surface area contributed by atoms with Crippen LogP contribution in [0.15, 0.2) is 57.6 Å². The molecule has 6 heteroatoms. The van der Waals surface area contributed by atoms with E-state index in [1.807, 2.05) is 6.07 Å². The zero-order chi connectivity index (χ0) is 17.8. The molecule has 0 radical (unpaired) electrons. The average molecular weight is 403 g/mol. The van der Waals surface area contributed by atoms with Gasteiger partial charge in [-0.1, -0.05) is 28.1 Å². The molecule has 0 aliphatic heterocycles. The number of hydrogen-bond acceptors (Lipinski definition) is 5. The fourth-order valence-corrected chi connectivity index (χ4v) is 2.66. The van der Waals surface area contributed by atoms with Crippen molar-refractivity contribution in [2.75, 3.05) is 13.7 Å². The van der Waals surface area contributed by atoms with E-state index in [4.69, 9.17) is 13.9 Å². The monoisotopic (exact) mass is 402 g/mol. The predicted octanol–water partition coefficient (Wildman–Crippen LogP) is 4.17. The van der Waals surface area contributed by atoms with Crippen LogP contribution in [-0.4, -0.2) is 25.5 Å². The number of rotatable bonds is 6. The summed E-state index contributed by atoms with van der Waals surface area (Å²) in [6.45, 7) is -0.288. The highest BCUT2D eigenvalue weighted by Crippen LogP contribution is 2.26. The molecule has 0 aliphatic rings. The van der Waals surface area contributed by atoms with Gasteiger partial charge in [-0.15, -0.1) is 0 Å². The number of carbonyl (C=O) groups excluding carboxylic acids is 2. The molecule has 1 aromatic heterocycles. The smallest absolute Gasteiger partial charge is 0.310 e. The first-order valence-corrected chi connectivity index (χ1v) is 8.34. The molecule has 5 nitrogen and oxygen atoms in total. The van der Waals surface area contributed by atoms with E-state index in [0.29, 0.717) is 22.5 Å². The highest BCUT2D eigenvalue weighted by Gasteiger charge is 2.14. The van der Waals surface area contributed by atoms with Gasteiger partial charge in [0.1, 0.15) is 11.3 Å². The Morgan fingerprint density at radius 2 is 1.88 bits per heavy atom. The van der Waals surface area contributed by atoms with E-state index in [1.165, 1.54) is 6.26 Å². The third kappa shape index (κ3) is 4.09. The third-order valence-corrected chi connectivity index (χ3v) is 4.26. The molecular formula is C19H15BrO5. The molecule has 0 atom stereocenters. The van der Waals surface area contributed by atoms with Crippen LogP contribution in [0.4, 0.5) is 0 Å². The van der Waals surface area contributed by atoms with E-state index in [1.54, 1.807) is 43.5 Å². The Morgan fingerprint density at radius 3 is 2.60 bits per heavy atom. The Morgan fingerprint density at radius 1 is 1.12 bits per heavy atom. The molecule has 0 bridgehead atoms. The molecule has 0 N–H and O–H groups in total. The summed E-state index contributed by atoms with van der Waals surface area (Å²) in [4.78, 5) is 24.0. The summed E-state index contributed by atoms with van der Waals surface area (Å²) in [7, 11) is 1.57. The number of halogens is 1. The molecule has 3 aromatic rings. The minimum atomic E-state index is -0.482. The molecule has 1 heterocycles. The molecule has 128 valence electrons.